The molecule has 4 rings (SSSR count). The predicted octanol–water partition coefficient (Wildman–Crippen LogP) is 2.86. The highest BCUT2D eigenvalue weighted by Crippen LogP contribution is 2.30. The minimum atomic E-state index is -0.682. The SMILES string of the molecule is CC1=NC(Nc2ncc(F)c3nn(-c4c(Cl)cc(F)cc4C#N)cc23)=CC(CO)N1. The molecule has 1 aliphatic rings. The molecule has 1 aromatic carbocycles. The third-order valence-corrected chi connectivity index (χ3v) is 4.65. The number of aliphatic hydroxyl groups excluding tert-OH is 1. The van der Waals surface area contributed by atoms with Crippen molar-refractivity contribution < 1.29 is 13.9 Å². The molecule has 0 bridgehead atoms. The van der Waals surface area contributed by atoms with Gasteiger partial charge in [0.05, 0.1) is 34.8 Å². The zero-order valence-corrected chi connectivity index (χ0v) is 16.2. The maximum Gasteiger partial charge on any atom is 0.169 e. The first-order chi connectivity index (χ1) is 14.4. The van der Waals surface area contributed by atoms with Gasteiger partial charge in [0.25, 0.3) is 0 Å². The van der Waals surface area contributed by atoms with Gasteiger partial charge in [-0.05, 0) is 25.1 Å². The molecule has 8 nitrogen and oxygen atoms in total. The number of aromatic nitrogens is 3. The number of anilines is 1. The van der Waals surface area contributed by atoms with Gasteiger partial charge in [-0.15, -0.1) is 0 Å². The number of hydrogen-bond donors (Lipinski definition) is 3. The molecule has 152 valence electrons. The summed E-state index contributed by atoms with van der Waals surface area (Å²) >= 11 is 6.12. The molecule has 30 heavy (non-hydrogen) atoms. The van der Waals surface area contributed by atoms with Gasteiger partial charge < -0.3 is 15.7 Å². The number of halogens is 3. The Morgan fingerprint density at radius 3 is 2.93 bits per heavy atom. The molecule has 0 fully saturated rings. The lowest BCUT2D eigenvalue weighted by atomic mass is 10.2. The van der Waals surface area contributed by atoms with Crippen LogP contribution in [0.15, 0.2) is 41.4 Å². The van der Waals surface area contributed by atoms with Gasteiger partial charge in [-0.1, -0.05) is 11.6 Å². The molecular weight excluding hydrogens is 416 g/mol. The molecule has 1 unspecified atom stereocenters. The van der Waals surface area contributed by atoms with E-state index in [0.717, 1.165) is 18.3 Å². The largest absolute Gasteiger partial charge is 0.394 e. The number of benzene rings is 1. The first-order valence-corrected chi connectivity index (χ1v) is 9.12. The Balaban J connectivity index is 1.83. The van der Waals surface area contributed by atoms with Crippen molar-refractivity contribution in [2.24, 2.45) is 4.99 Å². The average Bonchev–Trinajstić information content (AvgIpc) is 3.15. The molecule has 11 heteroatoms. The number of pyridine rings is 1. The number of amidine groups is 1. The van der Waals surface area contributed by atoms with Crippen LogP contribution < -0.4 is 10.6 Å². The van der Waals surface area contributed by atoms with Crippen LogP contribution >= 0.6 is 11.6 Å². The van der Waals surface area contributed by atoms with Crippen molar-refractivity contribution in [1.82, 2.24) is 20.1 Å². The summed E-state index contributed by atoms with van der Waals surface area (Å²) in [5.41, 5.74) is 0.0471. The highest BCUT2D eigenvalue weighted by Gasteiger charge is 2.19. The molecule has 1 aliphatic heterocycles. The lowest BCUT2D eigenvalue weighted by molar-refractivity contribution is 0.274. The number of hydrogen-bond acceptors (Lipinski definition) is 7. The minimum absolute atomic E-state index is 0.0225. The number of nitrogens with one attached hydrogen (secondary N) is 2. The Bertz CT molecular complexity index is 1260. The van der Waals surface area contributed by atoms with E-state index in [0.29, 0.717) is 17.0 Å². The smallest absolute Gasteiger partial charge is 0.169 e. The van der Waals surface area contributed by atoms with Crippen LogP contribution in [-0.4, -0.2) is 38.4 Å². The van der Waals surface area contributed by atoms with Crippen LogP contribution in [0.25, 0.3) is 16.6 Å². The highest BCUT2D eigenvalue weighted by molar-refractivity contribution is 6.32. The summed E-state index contributed by atoms with van der Waals surface area (Å²) in [4.78, 5) is 8.37. The van der Waals surface area contributed by atoms with E-state index >= 15 is 0 Å². The molecule has 3 N–H and O–H groups in total. The second kappa shape index (κ2) is 7.70. The Morgan fingerprint density at radius 2 is 2.20 bits per heavy atom. The van der Waals surface area contributed by atoms with Crippen molar-refractivity contribution in [3.8, 4) is 11.8 Å². The van der Waals surface area contributed by atoms with Crippen molar-refractivity contribution in [1.29, 1.82) is 5.26 Å². The van der Waals surface area contributed by atoms with Crippen molar-refractivity contribution in [2.45, 2.75) is 13.0 Å². The normalized spacial score (nSPS) is 15.9. The average molecular weight is 430 g/mol. The van der Waals surface area contributed by atoms with Gasteiger partial charge in [0.15, 0.2) is 5.82 Å². The second-order valence-electron chi connectivity index (χ2n) is 6.49. The first kappa shape index (κ1) is 19.8. The van der Waals surface area contributed by atoms with Crippen LogP contribution in [0.4, 0.5) is 14.6 Å². The fourth-order valence-electron chi connectivity index (χ4n) is 3.11. The highest BCUT2D eigenvalue weighted by atomic mass is 35.5. The predicted molar refractivity (Wildman–Crippen MR) is 107 cm³/mol. The summed E-state index contributed by atoms with van der Waals surface area (Å²) < 4.78 is 29.2. The molecule has 0 saturated carbocycles. The number of nitrogens with zero attached hydrogens (tertiary/aromatic N) is 5. The first-order valence-electron chi connectivity index (χ1n) is 8.74. The van der Waals surface area contributed by atoms with Crippen LogP contribution in [0.5, 0.6) is 0 Å². The van der Waals surface area contributed by atoms with Gasteiger partial charge in [-0.2, -0.15) is 10.4 Å². The second-order valence-corrected chi connectivity index (χ2v) is 6.90. The number of aliphatic hydroxyl groups is 1. The van der Waals surface area contributed by atoms with E-state index in [2.05, 4.69) is 25.7 Å². The maximum absolute atomic E-state index is 14.4. The number of nitriles is 1. The van der Waals surface area contributed by atoms with Crippen molar-refractivity contribution in [3.63, 3.8) is 0 Å². The lowest BCUT2D eigenvalue weighted by Crippen LogP contribution is -2.37. The van der Waals surface area contributed by atoms with Gasteiger partial charge in [0.1, 0.15) is 40.6 Å². The van der Waals surface area contributed by atoms with E-state index < -0.39 is 11.6 Å². The van der Waals surface area contributed by atoms with Gasteiger partial charge in [0, 0.05) is 6.20 Å². The van der Waals surface area contributed by atoms with Crippen molar-refractivity contribution in [2.75, 3.05) is 11.9 Å². The summed E-state index contributed by atoms with van der Waals surface area (Å²) in [5, 5.41) is 29.1. The van der Waals surface area contributed by atoms with Gasteiger partial charge in [0.2, 0.25) is 0 Å². The minimum Gasteiger partial charge on any atom is -0.394 e. The van der Waals surface area contributed by atoms with Crippen LogP contribution in [0, 0.1) is 23.0 Å². The standard InChI is InChI=1S/C19H14ClF2N7O/c1-9-25-12(8-30)4-16(26-9)27-19-13-7-29(28-17(13)15(22)6-24-19)18-10(5-23)2-11(21)3-14(18)20/h2-4,6-7,12,30H,8H2,1H3,(H,24,27)(H,25,26). The summed E-state index contributed by atoms with van der Waals surface area (Å²) in [6, 6.07) is 3.60. The molecule has 0 amide bonds. The van der Waals surface area contributed by atoms with E-state index in [1.165, 1.54) is 10.9 Å². The molecular formula is C19H14ClF2N7O. The van der Waals surface area contributed by atoms with Crippen LogP contribution in [0.2, 0.25) is 5.02 Å². The van der Waals surface area contributed by atoms with Crippen LogP contribution in [0.1, 0.15) is 12.5 Å². The summed E-state index contributed by atoms with van der Waals surface area (Å²) in [7, 11) is 0. The molecule has 0 spiro atoms. The zero-order chi connectivity index (χ0) is 21.4. The molecule has 3 aromatic rings. The summed E-state index contributed by atoms with van der Waals surface area (Å²) in [5.74, 6) is -0.0911. The fraction of sp³-hybridized carbons (Fsp3) is 0.158. The van der Waals surface area contributed by atoms with E-state index in [4.69, 9.17) is 11.6 Å². The molecule has 0 radical (unpaired) electrons. The van der Waals surface area contributed by atoms with Gasteiger partial charge in [-0.3, -0.25) is 0 Å². The van der Waals surface area contributed by atoms with E-state index in [1.807, 2.05) is 6.07 Å². The number of fused-ring (bicyclic) bond motifs is 1. The Hall–Kier alpha value is -3.55. The molecule has 3 heterocycles. The Kier molecular flexibility index (Phi) is 5.07. The van der Waals surface area contributed by atoms with Gasteiger partial charge >= 0.3 is 0 Å². The van der Waals surface area contributed by atoms with Crippen molar-refractivity contribution in [3.05, 3.63) is 58.6 Å². The van der Waals surface area contributed by atoms with Crippen LogP contribution in [-0.2, 0) is 0 Å². The zero-order valence-electron chi connectivity index (χ0n) is 15.5. The van der Waals surface area contributed by atoms with Gasteiger partial charge in [-0.25, -0.2) is 23.4 Å². The Labute approximate surface area is 174 Å². The van der Waals surface area contributed by atoms with E-state index in [1.54, 1.807) is 13.0 Å². The molecule has 0 saturated heterocycles. The topological polar surface area (TPSA) is 111 Å². The van der Waals surface area contributed by atoms with E-state index in [-0.39, 0.29) is 40.3 Å². The fourth-order valence-corrected chi connectivity index (χ4v) is 3.41. The van der Waals surface area contributed by atoms with E-state index in [9.17, 15) is 19.1 Å². The Morgan fingerprint density at radius 1 is 1.40 bits per heavy atom. The lowest BCUT2D eigenvalue weighted by Gasteiger charge is -2.20. The molecule has 2 aromatic heterocycles. The third-order valence-electron chi connectivity index (χ3n) is 4.36. The maximum atomic E-state index is 14.4. The molecule has 1 atom stereocenters. The van der Waals surface area contributed by atoms with Crippen molar-refractivity contribution >= 4 is 34.2 Å². The summed E-state index contributed by atoms with van der Waals surface area (Å²) in [6.45, 7) is 1.60. The third kappa shape index (κ3) is 3.56. The summed E-state index contributed by atoms with van der Waals surface area (Å²) in [6.07, 6.45) is 4.11. The van der Waals surface area contributed by atoms with Crippen LogP contribution in [0.3, 0.4) is 0 Å². The number of rotatable bonds is 4. The monoisotopic (exact) mass is 429 g/mol. The quantitative estimate of drug-likeness (QED) is 0.588. The molecule has 0 aliphatic carbocycles. The number of aliphatic imine (C=N–C) groups is 1.